The Hall–Kier alpha value is -1.54. The molecule has 0 spiro atoms. The van der Waals surface area contributed by atoms with Crippen LogP contribution in [-0.2, 0) is 6.54 Å². The van der Waals surface area contributed by atoms with Gasteiger partial charge in [0.15, 0.2) is 0 Å². The third-order valence-corrected chi connectivity index (χ3v) is 3.70. The summed E-state index contributed by atoms with van der Waals surface area (Å²) in [6, 6.07) is 17.3. The Balaban J connectivity index is 1.99. The Bertz CT molecular complexity index is 680. The maximum atomic E-state index is 3.53. The van der Waals surface area contributed by atoms with Crippen LogP contribution in [0.5, 0.6) is 0 Å². The van der Waals surface area contributed by atoms with E-state index in [1.807, 2.05) is 0 Å². The van der Waals surface area contributed by atoms with E-state index in [0.717, 1.165) is 11.0 Å². The second-order valence-corrected chi connectivity index (χ2v) is 5.55. The van der Waals surface area contributed by atoms with Crippen molar-refractivity contribution in [1.82, 2.24) is 4.57 Å². The van der Waals surface area contributed by atoms with Crippen molar-refractivity contribution in [2.45, 2.75) is 13.5 Å². The van der Waals surface area contributed by atoms with Gasteiger partial charge in [-0.3, -0.25) is 0 Å². The highest BCUT2D eigenvalue weighted by molar-refractivity contribution is 9.10. The van der Waals surface area contributed by atoms with Gasteiger partial charge >= 0.3 is 0 Å². The third-order valence-electron chi connectivity index (χ3n) is 3.21. The van der Waals surface area contributed by atoms with Gasteiger partial charge in [-0.05, 0) is 36.1 Å². The summed E-state index contributed by atoms with van der Waals surface area (Å²) in [5, 5.41) is 1.28. The molecule has 1 aromatic heterocycles. The van der Waals surface area contributed by atoms with Crippen molar-refractivity contribution in [1.29, 1.82) is 0 Å². The first-order valence-electron chi connectivity index (χ1n) is 6.02. The number of aromatic nitrogens is 1. The van der Waals surface area contributed by atoms with Gasteiger partial charge in [0, 0.05) is 22.7 Å². The molecule has 0 aliphatic carbocycles. The Morgan fingerprint density at radius 1 is 1.00 bits per heavy atom. The minimum absolute atomic E-state index is 0.917. The molecule has 3 rings (SSSR count). The summed E-state index contributed by atoms with van der Waals surface area (Å²) < 4.78 is 3.41. The number of aryl methyl sites for hydroxylation is 1. The summed E-state index contributed by atoms with van der Waals surface area (Å²) >= 11 is 3.53. The molecule has 0 saturated heterocycles. The largest absolute Gasteiger partial charge is 0.343 e. The fourth-order valence-corrected chi connectivity index (χ4v) is 2.53. The van der Waals surface area contributed by atoms with Crippen LogP contribution >= 0.6 is 15.9 Å². The fraction of sp³-hybridized carbons (Fsp3) is 0.125. The van der Waals surface area contributed by atoms with E-state index < -0.39 is 0 Å². The van der Waals surface area contributed by atoms with E-state index in [0.29, 0.717) is 0 Å². The maximum absolute atomic E-state index is 3.53. The molecule has 0 N–H and O–H groups in total. The van der Waals surface area contributed by atoms with Crippen LogP contribution in [0.4, 0.5) is 0 Å². The van der Waals surface area contributed by atoms with Crippen molar-refractivity contribution in [2.75, 3.05) is 0 Å². The van der Waals surface area contributed by atoms with Crippen LogP contribution in [0.3, 0.4) is 0 Å². The lowest BCUT2D eigenvalue weighted by Gasteiger charge is -2.06. The lowest BCUT2D eigenvalue weighted by Crippen LogP contribution is -1.97. The molecular formula is C16H14BrN. The number of benzene rings is 2. The molecule has 0 aliphatic rings. The van der Waals surface area contributed by atoms with Gasteiger partial charge in [0.2, 0.25) is 0 Å². The highest BCUT2D eigenvalue weighted by atomic mass is 79.9. The van der Waals surface area contributed by atoms with Crippen LogP contribution < -0.4 is 0 Å². The molecule has 3 aromatic rings. The Kier molecular flexibility index (Phi) is 2.96. The predicted octanol–water partition coefficient (Wildman–Crippen LogP) is 4.76. The smallest absolute Gasteiger partial charge is 0.0494 e. The van der Waals surface area contributed by atoms with Crippen molar-refractivity contribution in [2.24, 2.45) is 0 Å². The van der Waals surface area contributed by atoms with Gasteiger partial charge in [-0.1, -0.05) is 51.8 Å². The maximum Gasteiger partial charge on any atom is 0.0494 e. The monoisotopic (exact) mass is 299 g/mol. The quantitative estimate of drug-likeness (QED) is 0.643. The van der Waals surface area contributed by atoms with Crippen molar-refractivity contribution in [3.05, 3.63) is 70.3 Å². The molecule has 18 heavy (non-hydrogen) atoms. The van der Waals surface area contributed by atoms with Crippen molar-refractivity contribution < 1.29 is 0 Å². The van der Waals surface area contributed by atoms with Gasteiger partial charge in [0.1, 0.15) is 0 Å². The molecule has 90 valence electrons. The number of fused-ring (bicyclic) bond motifs is 1. The topological polar surface area (TPSA) is 4.93 Å². The summed E-state index contributed by atoms with van der Waals surface area (Å²) in [5.41, 5.74) is 3.90. The number of halogens is 1. The number of hydrogen-bond donors (Lipinski definition) is 0. The summed E-state index contributed by atoms with van der Waals surface area (Å²) in [4.78, 5) is 0. The molecule has 0 saturated carbocycles. The minimum Gasteiger partial charge on any atom is -0.343 e. The Labute approximate surface area is 115 Å². The average Bonchev–Trinajstić information content (AvgIpc) is 2.75. The van der Waals surface area contributed by atoms with Crippen LogP contribution in [0.2, 0.25) is 0 Å². The fourth-order valence-electron chi connectivity index (χ4n) is 2.19. The van der Waals surface area contributed by atoms with E-state index >= 15 is 0 Å². The van der Waals surface area contributed by atoms with Crippen LogP contribution in [0, 0.1) is 6.92 Å². The normalized spacial score (nSPS) is 11.0. The summed E-state index contributed by atoms with van der Waals surface area (Å²) in [5.74, 6) is 0. The molecule has 0 atom stereocenters. The van der Waals surface area contributed by atoms with Crippen molar-refractivity contribution in [3.63, 3.8) is 0 Å². The van der Waals surface area contributed by atoms with E-state index in [9.17, 15) is 0 Å². The molecule has 0 bridgehead atoms. The summed E-state index contributed by atoms with van der Waals surface area (Å²) in [6.07, 6.45) is 2.15. The molecule has 0 amide bonds. The molecule has 1 heterocycles. The van der Waals surface area contributed by atoms with Crippen LogP contribution in [-0.4, -0.2) is 4.57 Å². The molecule has 0 fully saturated rings. The number of nitrogens with zero attached hydrogens (tertiary/aromatic N) is 1. The highest BCUT2D eigenvalue weighted by Crippen LogP contribution is 2.21. The summed E-state index contributed by atoms with van der Waals surface area (Å²) in [7, 11) is 0. The number of hydrogen-bond acceptors (Lipinski definition) is 0. The zero-order valence-electron chi connectivity index (χ0n) is 10.2. The highest BCUT2D eigenvalue weighted by Gasteiger charge is 2.02. The van der Waals surface area contributed by atoms with E-state index in [1.54, 1.807) is 0 Å². The first kappa shape index (κ1) is 11.5. The summed E-state index contributed by atoms with van der Waals surface area (Å²) in [6.45, 7) is 3.03. The first-order chi connectivity index (χ1) is 8.72. The molecule has 1 nitrogen and oxygen atoms in total. The Morgan fingerprint density at radius 3 is 2.56 bits per heavy atom. The first-order valence-corrected chi connectivity index (χ1v) is 6.81. The zero-order valence-corrected chi connectivity index (χ0v) is 11.8. The second kappa shape index (κ2) is 4.62. The van der Waals surface area contributed by atoms with Gasteiger partial charge in [0.05, 0.1) is 0 Å². The van der Waals surface area contributed by atoms with Gasteiger partial charge in [-0.25, -0.2) is 0 Å². The van der Waals surface area contributed by atoms with Crippen molar-refractivity contribution in [3.8, 4) is 0 Å². The third kappa shape index (κ3) is 2.21. The molecule has 0 aliphatic heterocycles. The van der Waals surface area contributed by atoms with E-state index in [4.69, 9.17) is 0 Å². The lowest BCUT2D eigenvalue weighted by molar-refractivity contribution is 0.836. The lowest BCUT2D eigenvalue weighted by atomic mass is 10.1. The standard InChI is InChI=1S/C16H14BrN/c1-12-2-4-13(5-3-12)11-18-9-8-14-6-7-15(17)10-16(14)18/h2-10H,11H2,1H3. The van der Waals surface area contributed by atoms with Gasteiger partial charge in [0.25, 0.3) is 0 Å². The molecule has 2 aromatic carbocycles. The molecule has 2 heteroatoms. The second-order valence-electron chi connectivity index (χ2n) is 4.63. The van der Waals surface area contributed by atoms with Gasteiger partial charge in [-0.2, -0.15) is 0 Å². The molecule has 0 unspecified atom stereocenters. The number of rotatable bonds is 2. The van der Waals surface area contributed by atoms with Crippen molar-refractivity contribution >= 4 is 26.8 Å². The van der Waals surface area contributed by atoms with E-state index in [-0.39, 0.29) is 0 Å². The average molecular weight is 300 g/mol. The van der Waals surface area contributed by atoms with E-state index in [2.05, 4.69) is 82.1 Å². The molecular weight excluding hydrogens is 286 g/mol. The SMILES string of the molecule is Cc1ccc(Cn2ccc3ccc(Br)cc32)cc1. The van der Waals surface area contributed by atoms with Crippen LogP contribution in [0.1, 0.15) is 11.1 Å². The minimum atomic E-state index is 0.917. The Morgan fingerprint density at radius 2 is 1.78 bits per heavy atom. The van der Waals surface area contributed by atoms with E-state index in [1.165, 1.54) is 22.0 Å². The van der Waals surface area contributed by atoms with Gasteiger partial charge in [-0.15, -0.1) is 0 Å². The van der Waals surface area contributed by atoms with Crippen LogP contribution in [0.25, 0.3) is 10.9 Å². The molecule has 0 radical (unpaired) electrons. The predicted molar refractivity (Wildman–Crippen MR) is 79.9 cm³/mol. The van der Waals surface area contributed by atoms with Crippen LogP contribution in [0.15, 0.2) is 59.2 Å². The zero-order chi connectivity index (χ0) is 12.5. The van der Waals surface area contributed by atoms with Gasteiger partial charge < -0.3 is 4.57 Å².